The highest BCUT2D eigenvalue weighted by Crippen LogP contribution is 2.19. The molecule has 2 N–H and O–H groups in total. The zero-order chi connectivity index (χ0) is 14.5. The molecule has 1 saturated heterocycles. The molecule has 0 bridgehead atoms. The van der Waals surface area contributed by atoms with E-state index < -0.39 is 17.7 Å². The van der Waals surface area contributed by atoms with Crippen LogP contribution in [0.3, 0.4) is 0 Å². The van der Waals surface area contributed by atoms with E-state index in [1.807, 2.05) is 0 Å². The largest absolute Gasteiger partial charge is 0.349 e. The molecule has 2 rings (SSSR count). The molecule has 1 aromatic carbocycles. The average molecular weight is 282 g/mol. The molecular weight excluding hydrogens is 262 g/mol. The second kappa shape index (κ2) is 6.79. The molecule has 110 valence electrons. The fourth-order valence-electron chi connectivity index (χ4n) is 2.54. The van der Waals surface area contributed by atoms with Crippen molar-refractivity contribution >= 4 is 5.91 Å². The first kappa shape index (κ1) is 14.9. The van der Waals surface area contributed by atoms with Gasteiger partial charge in [-0.3, -0.25) is 4.79 Å². The van der Waals surface area contributed by atoms with Gasteiger partial charge in [-0.1, -0.05) is 6.07 Å². The van der Waals surface area contributed by atoms with E-state index in [1.165, 1.54) is 12.1 Å². The molecule has 1 amide bonds. The Labute approximate surface area is 117 Å². The van der Waals surface area contributed by atoms with Crippen LogP contribution in [0.15, 0.2) is 18.2 Å². The first-order valence-electron chi connectivity index (χ1n) is 7.01. The summed E-state index contributed by atoms with van der Waals surface area (Å²) >= 11 is 0. The lowest BCUT2D eigenvalue weighted by molar-refractivity contribution is -0.122. The van der Waals surface area contributed by atoms with Gasteiger partial charge in [0, 0.05) is 18.1 Å². The number of hydrogen-bond donors (Lipinski definition) is 2. The maximum absolute atomic E-state index is 13.6. The maximum atomic E-state index is 13.6. The molecular formula is C15H20F2N2O. The van der Waals surface area contributed by atoms with Crippen molar-refractivity contribution in [2.45, 2.75) is 32.2 Å². The van der Waals surface area contributed by atoms with Gasteiger partial charge in [-0.25, -0.2) is 8.78 Å². The van der Waals surface area contributed by atoms with Gasteiger partial charge in [-0.15, -0.1) is 0 Å². The van der Waals surface area contributed by atoms with Crippen molar-refractivity contribution in [3.05, 3.63) is 35.4 Å². The molecule has 0 aromatic heterocycles. The van der Waals surface area contributed by atoms with Crippen molar-refractivity contribution in [2.24, 2.45) is 5.92 Å². The molecule has 0 radical (unpaired) electrons. The number of nitrogens with one attached hydrogen (secondary N) is 2. The minimum atomic E-state index is -0.627. The standard InChI is InChI=1S/C15H20F2N2O/c1-10(13-4-3-12(16)8-14(13)17)19-15(20)5-2-11-6-7-18-9-11/h3-4,8,10-11,18H,2,5-7,9H2,1H3,(H,19,20)/t10-,11?/m1/s1. The van der Waals surface area contributed by atoms with Crippen molar-refractivity contribution in [3.63, 3.8) is 0 Å². The molecule has 1 aliphatic heterocycles. The molecule has 0 aliphatic carbocycles. The van der Waals surface area contributed by atoms with Gasteiger partial charge in [0.15, 0.2) is 0 Å². The van der Waals surface area contributed by atoms with E-state index in [1.54, 1.807) is 6.92 Å². The Morgan fingerprint density at radius 1 is 1.50 bits per heavy atom. The Balaban J connectivity index is 1.83. The summed E-state index contributed by atoms with van der Waals surface area (Å²) in [5, 5.41) is 6.02. The monoisotopic (exact) mass is 282 g/mol. The summed E-state index contributed by atoms with van der Waals surface area (Å²) in [7, 11) is 0. The van der Waals surface area contributed by atoms with Crippen molar-refractivity contribution in [3.8, 4) is 0 Å². The zero-order valence-electron chi connectivity index (χ0n) is 11.6. The van der Waals surface area contributed by atoms with Gasteiger partial charge in [0.25, 0.3) is 0 Å². The van der Waals surface area contributed by atoms with Crippen molar-refractivity contribution in [1.82, 2.24) is 10.6 Å². The van der Waals surface area contributed by atoms with Gasteiger partial charge in [0.1, 0.15) is 11.6 Å². The summed E-state index contributed by atoms with van der Waals surface area (Å²) in [5.41, 5.74) is 0.308. The lowest BCUT2D eigenvalue weighted by Gasteiger charge is -2.16. The van der Waals surface area contributed by atoms with E-state index in [0.717, 1.165) is 32.0 Å². The molecule has 1 aromatic rings. The summed E-state index contributed by atoms with van der Waals surface area (Å²) in [6, 6.07) is 2.95. The summed E-state index contributed by atoms with van der Waals surface area (Å²) in [5.74, 6) is -0.775. The van der Waals surface area contributed by atoms with Crippen molar-refractivity contribution in [2.75, 3.05) is 13.1 Å². The van der Waals surface area contributed by atoms with E-state index in [9.17, 15) is 13.6 Å². The van der Waals surface area contributed by atoms with E-state index in [-0.39, 0.29) is 5.91 Å². The Morgan fingerprint density at radius 3 is 2.95 bits per heavy atom. The number of hydrogen-bond acceptors (Lipinski definition) is 2. The summed E-state index contributed by atoms with van der Waals surface area (Å²) < 4.78 is 26.4. The third kappa shape index (κ3) is 4.00. The molecule has 0 saturated carbocycles. The second-order valence-electron chi connectivity index (χ2n) is 5.35. The first-order valence-corrected chi connectivity index (χ1v) is 7.01. The Morgan fingerprint density at radius 2 is 2.30 bits per heavy atom. The summed E-state index contributed by atoms with van der Waals surface area (Å²) in [6.07, 6.45) is 2.40. The van der Waals surface area contributed by atoms with Crippen LogP contribution in [-0.2, 0) is 4.79 Å². The molecule has 1 unspecified atom stereocenters. The average Bonchev–Trinajstić information content (AvgIpc) is 2.89. The minimum Gasteiger partial charge on any atom is -0.349 e. The highest BCUT2D eigenvalue weighted by Gasteiger charge is 2.18. The molecule has 5 heteroatoms. The molecule has 0 spiro atoms. The number of carbonyl (C=O) groups is 1. The van der Waals surface area contributed by atoms with Crippen LogP contribution >= 0.6 is 0 Å². The van der Waals surface area contributed by atoms with Crippen LogP contribution in [0.1, 0.15) is 37.8 Å². The predicted molar refractivity (Wildman–Crippen MR) is 73.1 cm³/mol. The van der Waals surface area contributed by atoms with E-state index in [2.05, 4.69) is 10.6 Å². The van der Waals surface area contributed by atoms with Gasteiger partial charge in [-0.05, 0) is 44.8 Å². The van der Waals surface area contributed by atoms with Gasteiger partial charge >= 0.3 is 0 Å². The predicted octanol–water partition coefficient (Wildman–Crippen LogP) is 2.53. The summed E-state index contributed by atoms with van der Waals surface area (Å²) in [4.78, 5) is 11.8. The van der Waals surface area contributed by atoms with Gasteiger partial charge < -0.3 is 10.6 Å². The normalized spacial score (nSPS) is 19.9. The van der Waals surface area contributed by atoms with Crippen LogP contribution in [0, 0.1) is 17.6 Å². The topological polar surface area (TPSA) is 41.1 Å². The lowest BCUT2D eigenvalue weighted by atomic mass is 10.0. The molecule has 1 fully saturated rings. The van der Waals surface area contributed by atoms with Crippen molar-refractivity contribution in [1.29, 1.82) is 0 Å². The Kier molecular flexibility index (Phi) is 5.06. The van der Waals surface area contributed by atoms with Crippen LogP contribution in [-0.4, -0.2) is 19.0 Å². The third-order valence-corrected chi connectivity index (χ3v) is 3.75. The number of rotatable bonds is 5. The number of benzene rings is 1. The van der Waals surface area contributed by atoms with E-state index in [0.29, 0.717) is 17.9 Å². The third-order valence-electron chi connectivity index (χ3n) is 3.75. The van der Waals surface area contributed by atoms with Gasteiger partial charge in [0.05, 0.1) is 6.04 Å². The van der Waals surface area contributed by atoms with E-state index >= 15 is 0 Å². The smallest absolute Gasteiger partial charge is 0.220 e. The molecule has 3 nitrogen and oxygen atoms in total. The Bertz CT molecular complexity index is 473. The number of carbonyl (C=O) groups excluding carboxylic acids is 1. The molecule has 20 heavy (non-hydrogen) atoms. The van der Waals surface area contributed by atoms with Gasteiger partial charge in [-0.2, -0.15) is 0 Å². The SMILES string of the molecule is C[C@@H](NC(=O)CCC1CCNC1)c1ccc(F)cc1F. The molecule has 2 atom stereocenters. The molecule has 1 aliphatic rings. The molecule has 1 heterocycles. The maximum Gasteiger partial charge on any atom is 0.220 e. The van der Waals surface area contributed by atoms with Crippen molar-refractivity contribution < 1.29 is 13.6 Å². The highest BCUT2D eigenvalue weighted by atomic mass is 19.1. The van der Waals surface area contributed by atoms with E-state index in [4.69, 9.17) is 0 Å². The fourth-order valence-corrected chi connectivity index (χ4v) is 2.54. The Hall–Kier alpha value is -1.49. The van der Waals surface area contributed by atoms with Crippen LogP contribution < -0.4 is 10.6 Å². The van der Waals surface area contributed by atoms with Crippen LogP contribution in [0.2, 0.25) is 0 Å². The van der Waals surface area contributed by atoms with Crippen LogP contribution in [0.5, 0.6) is 0 Å². The highest BCUT2D eigenvalue weighted by molar-refractivity contribution is 5.76. The van der Waals surface area contributed by atoms with Crippen LogP contribution in [0.4, 0.5) is 8.78 Å². The second-order valence-corrected chi connectivity index (χ2v) is 5.35. The van der Waals surface area contributed by atoms with Crippen LogP contribution in [0.25, 0.3) is 0 Å². The summed E-state index contributed by atoms with van der Waals surface area (Å²) in [6.45, 7) is 3.68. The quantitative estimate of drug-likeness (QED) is 0.871. The number of halogens is 2. The lowest BCUT2D eigenvalue weighted by Crippen LogP contribution is -2.27. The fraction of sp³-hybridized carbons (Fsp3) is 0.533. The van der Waals surface area contributed by atoms with Gasteiger partial charge in [0.2, 0.25) is 5.91 Å². The number of amides is 1. The first-order chi connectivity index (χ1) is 9.56. The zero-order valence-corrected chi connectivity index (χ0v) is 11.6. The minimum absolute atomic E-state index is 0.0897.